The second-order valence-electron chi connectivity index (χ2n) is 12.9. The van der Waals surface area contributed by atoms with E-state index < -0.39 is 20.2 Å². The number of aromatic nitrogens is 2. The van der Waals surface area contributed by atoms with Gasteiger partial charge in [-0.3, -0.25) is 0 Å². The summed E-state index contributed by atoms with van der Waals surface area (Å²) in [7, 11) is -0.517. The maximum atomic E-state index is 10.5. The largest absolute Gasteiger partial charge is 0.744 e. The summed E-state index contributed by atoms with van der Waals surface area (Å²) in [6.07, 6.45) is 3.94. The van der Waals surface area contributed by atoms with Crippen LogP contribution < -0.4 is 18.9 Å². The van der Waals surface area contributed by atoms with Gasteiger partial charge in [0.25, 0.3) is 0 Å². The van der Waals surface area contributed by atoms with Crippen LogP contribution in [0.1, 0.15) is 11.1 Å². The summed E-state index contributed by atoms with van der Waals surface area (Å²) in [4.78, 5) is 4.07. The molecule has 19 heteroatoms. The van der Waals surface area contributed by atoms with Crippen LogP contribution in [0.5, 0.6) is 0 Å². The van der Waals surface area contributed by atoms with E-state index in [1.165, 1.54) is 24.3 Å². The number of hydrogen-bond acceptors (Lipinski definition) is 15. The molecule has 4 aromatic carbocycles. The standard InChI is InChI=1S/C26H32N8OS2.2C7H8O3S/c1-31(23-9-5-21(6-10-23)27-29-25-33(3)15-19-36-25)13-17-35-18-14-32(2)24-11-7-22(8-12-24)28-30-26-34(4)16-20-37-26;2*1-6-4-2-3-5-7(6)11(8,9)10/h5-12,15-16,19-20H,13-14,17-18H2,1-4H3;2*2-5H,1H3,(H,8,9,10)/q+2;;/p-2. The molecule has 0 radical (unpaired) electrons. The van der Waals surface area contributed by atoms with Crippen LogP contribution in [-0.4, -0.2) is 66.3 Å². The van der Waals surface area contributed by atoms with E-state index in [2.05, 4.69) is 68.6 Å². The molecule has 0 saturated heterocycles. The highest BCUT2D eigenvalue weighted by atomic mass is 32.2. The molecule has 0 N–H and O–H groups in total. The first-order valence-corrected chi connectivity index (χ1v) is 22.5. The highest BCUT2D eigenvalue weighted by Gasteiger charge is 2.10. The van der Waals surface area contributed by atoms with Crippen molar-refractivity contribution < 1.29 is 39.8 Å². The molecule has 15 nitrogen and oxygen atoms in total. The quantitative estimate of drug-likeness (QED) is 0.0458. The molecule has 2 aromatic heterocycles. The number of ether oxygens (including phenoxy) is 1. The topological polar surface area (TPSA) is 187 Å². The van der Waals surface area contributed by atoms with Crippen molar-refractivity contribution in [2.24, 2.45) is 34.6 Å². The Kier molecular flexibility index (Phi) is 17.5. The van der Waals surface area contributed by atoms with Crippen LogP contribution in [0.3, 0.4) is 0 Å². The monoisotopic (exact) mass is 878 g/mol. The van der Waals surface area contributed by atoms with Crippen LogP contribution >= 0.6 is 22.7 Å². The molecule has 0 saturated carbocycles. The lowest BCUT2D eigenvalue weighted by atomic mass is 10.2. The second kappa shape index (κ2) is 22.2. The average Bonchev–Trinajstić information content (AvgIpc) is 3.82. The summed E-state index contributed by atoms with van der Waals surface area (Å²) in [5.41, 5.74) is 4.87. The summed E-state index contributed by atoms with van der Waals surface area (Å²) in [6.45, 7) is 6.09. The first kappa shape index (κ1) is 46.4. The lowest BCUT2D eigenvalue weighted by Crippen LogP contribution is -2.26. The molecule has 6 rings (SSSR count). The molecule has 0 unspecified atom stereocenters. The van der Waals surface area contributed by atoms with Gasteiger partial charge in [0, 0.05) is 49.3 Å². The van der Waals surface area contributed by atoms with Crippen molar-refractivity contribution in [1.29, 1.82) is 0 Å². The Morgan fingerprint density at radius 1 is 0.576 bits per heavy atom. The lowest BCUT2D eigenvalue weighted by molar-refractivity contribution is -0.654. The lowest BCUT2D eigenvalue weighted by Gasteiger charge is -2.21. The van der Waals surface area contributed by atoms with Crippen molar-refractivity contribution >= 4 is 75.9 Å². The Balaban J connectivity index is 0.000000282. The van der Waals surface area contributed by atoms with Gasteiger partial charge >= 0.3 is 10.3 Å². The molecule has 0 spiro atoms. The molecule has 2 heterocycles. The van der Waals surface area contributed by atoms with Crippen molar-refractivity contribution in [3.8, 4) is 0 Å². The fourth-order valence-electron chi connectivity index (χ4n) is 5.03. The molecule has 0 aliphatic heterocycles. The van der Waals surface area contributed by atoms with Crippen molar-refractivity contribution in [2.75, 3.05) is 50.2 Å². The molecule has 59 heavy (non-hydrogen) atoms. The van der Waals surface area contributed by atoms with Gasteiger partial charge in [0.15, 0.2) is 0 Å². The third kappa shape index (κ3) is 15.1. The molecular weight excluding hydrogens is 833 g/mol. The molecule has 0 amide bonds. The zero-order valence-electron chi connectivity index (χ0n) is 33.4. The molecule has 0 bridgehead atoms. The van der Waals surface area contributed by atoms with Gasteiger partial charge in [-0.25, -0.2) is 26.0 Å². The Bertz CT molecular complexity index is 2350. The summed E-state index contributed by atoms with van der Waals surface area (Å²) in [5, 5.41) is 23.0. The molecule has 0 fully saturated rings. The van der Waals surface area contributed by atoms with E-state index >= 15 is 0 Å². The number of likely N-dealkylation sites (N-methyl/N-ethyl adjacent to an activating group) is 2. The molecule has 6 aromatic rings. The van der Waals surface area contributed by atoms with Gasteiger partial charge < -0.3 is 23.6 Å². The van der Waals surface area contributed by atoms with Crippen LogP contribution in [0.2, 0.25) is 0 Å². The first-order chi connectivity index (χ1) is 28.0. The fourth-order valence-corrected chi connectivity index (χ4v) is 7.81. The van der Waals surface area contributed by atoms with Crippen molar-refractivity contribution in [3.63, 3.8) is 0 Å². The summed E-state index contributed by atoms with van der Waals surface area (Å²) >= 11 is 3.12. The van der Waals surface area contributed by atoms with Gasteiger partial charge in [0.1, 0.15) is 44.0 Å². The van der Waals surface area contributed by atoms with E-state index in [9.17, 15) is 25.9 Å². The van der Waals surface area contributed by atoms with Crippen LogP contribution in [0.25, 0.3) is 0 Å². The smallest absolute Gasteiger partial charge is 0.408 e. The number of rotatable bonds is 14. The zero-order chi connectivity index (χ0) is 43.0. The summed E-state index contributed by atoms with van der Waals surface area (Å²) < 4.78 is 72.8. The minimum atomic E-state index is -4.28. The summed E-state index contributed by atoms with van der Waals surface area (Å²) in [5.74, 6) is 0. The van der Waals surface area contributed by atoms with Crippen LogP contribution in [0.4, 0.5) is 33.0 Å². The van der Waals surface area contributed by atoms with E-state index in [1.54, 1.807) is 60.8 Å². The van der Waals surface area contributed by atoms with Gasteiger partial charge in [-0.05, 0) is 119 Å². The predicted molar refractivity (Wildman–Crippen MR) is 228 cm³/mol. The highest BCUT2D eigenvalue weighted by molar-refractivity contribution is 7.86. The molecule has 0 atom stereocenters. The molecule has 0 aliphatic rings. The predicted octanol–water partition coefficient (Wildman–Crippen LogP) is 7.68. The number of azo groups is 2. The number of benzene rings is 4. The maximum absolute atomic E-state index is 10.5. The second-order valence-corrected chi connectivity index (χ2v) is 17.4. The van der Waals surface area contributed by atoms with Gasteiger partial charge in [-0.15, -0.1) is 0 Å². The Hall–Kier alpha value is -5.28. The Morgan fingerprint density at radius 3 is 1.22 bits per heavy atom. The minimum absolute atomic E-state index is 0.139. The van der Waals surface area contributed by atoms with E-state index in [-0.39, 0.29) is 9.79 Å². The number of thiazole rings is 2. The van der Waals surface area contributed by atoms with Crippen LogP contribution in [0, 0.1) is 13.8 Å². The van der Waals surface area contributed by atoms with Gasteiger partial charge in [-0.1, -0.05) is 36.4 Å². The maximum Gasteiger partial charge on any atom is 0.408 e. The summed E-state index contributed by atoms with van der Waals surface area (Å²) in [6, 6.07) is 28.3. The van der Waals surface area contributed by atoms with Crippen LogP contribution in [0.15, 0.2) is 150 Å². The Morgan fingerprint density at radius 2 is 0.932 bits per heavy atom. The van der Waals surface area contributed by atoms with Crippen molar-refractivity contribution in [1.82, 2.24) is 0 Å². The molecular formula is C40H46N8O7S4. The van der Waals surface area contributed by atoms with E-state index in [1.807, 2.05) is 70.6 Å². The number of hydrogen-bond donors (Lipinski definition) is 0. The van der Waals surface area contributed by atoms with Crippen molar-refractivity contribution in [3.05, 3.63) is 131 Å². The van der Waals surface area contributed by atoms with Crippen LogP contribution in [-0.2, 0) is 39.1 Å². The zero-order valence-corrected chi connectivity index (χ0v) is 36.7. The normalized spacial score (nSPS) is 11.5. The van der Waals surface area contributed by atoms with Gasteiger partial charge in [0.2, 0.25) is 0 Å². The number of nitrogens with zero attached hydrogens (tertiary/aromatic N) is 8. The molecule has 0 aliphatic carbocycles. The molecule has 312 valence electrons. The highest BCUT2D eigenvalue weighted by Crippen LogP contribution is 2.24. The fraction of sp³-hybridized carbons (Fsp3) is 0.250. The average molecular weight is 879 g/mol. The SMILES string of the molecule is CN(CCOCCN(C)c1ccc(N=Nc2scc[n+]2C)cc1)c1ccc(N=Nc2scc[n+]2C)cc1.Cc1ccccc1S(=O)(=O)[O-].Cc1ccccc1S(=O)(=O)[O-]. The third-order valence-electron chi connectivity index (χ3n) is 8.47. The van der Waals surface area contributed by atoms with E-state index in [0.717, 1.165) is 46.1 Å². The number of aryl methyl sites for hydroxylation is 4. The first-order valence-electron chi connectivity index (χ1n) is 18.0. The number of anilines is 2. The van der Waals surface area contributed by atoms with Crippen molar-refractivity contribution in [2.45, 2.75) is 23.6 Å². The van der Waals surface area contributed by atoms with Gasteiger partial charge in [-0.2, -0.15) is 0 Å². The van der Waals surface area contributed by atoms with E-state index in [4.69, 9.17) is 4.74 Å². The minimum Gasteiger partial charge on any atom is -0.744 e. The third-order valence-corrected chi connectivity index (χ3v) is 12.1. The Labute approximate surface area is 353 Å². The van der Waals surface area contributed by atoms with E-state index in [0.29, 0.717) is 24.3 Å². The van der Waals surface area contributed by atoms with Gasteiger partial charge in [0.05, 0.1) is 47.3 Å².